The number of nitrogens with zero attached hydrogens (tertiary/aromatic N) is 2. The normalized spacial score (nSPS) is 15.0. The molecule has 2 heterocycles. The minimum absolute atomic E-state index is 0.0870. The molecule has 2 aromatic rings. The van der Waals surface area contributed by atoms with Crippen molar-refractivity contribution in [1.82, 2.24) is 9.88 Å². The van der Waals surface area contributed by atoms with Crippen LogP contribution in [0, 0.1) is 0 Å². The Kier molecular flexibility index (Phi) is 4.88. The van der Waals surface area contributed by atoms with E-state index >= 15 is 0 Å². The molecule has 0 atom stereocenters. The van der Waals surface area contributed by atoms with Crippen molar-refractivity contribution in [2.24, 2.45) is 0 Å². The summed E-state index contributed by atoms with van der Waals surface area (Å²) in [4.78, 5) is 18.4. The van der Waals surface area contributed by atoms with E-state index in [0.717, 1.165) is 29.8 Å². The van der Waals surface area contributed by atoms with Crippen molar-refractivity contribution < 1.29 is 18.0 Å². The molecule has 25 heavy (non-hydrogen) atoms. The third-order valence-electron chi connectivity index (χ3n) is 4.19. The monoisotopic (exact) mass is 346 g/mol. The van der Waals surface area contributed by atoms with Crippen molar-refractivity contribution >= 4 is 11.5 Å². The summed E-state index contributed by atoms with van der Waals surface area (Å²) in [6.07, 6.45) is 0.178. The highest BCUT2D eigenvalue weighted by Gasteiger charge is 2.30. The van der Waals surface area contributed by atoms with Gasteiger partial charge in [-0.2, -0.15) is 13.2 Å². The van der Waals surface area contributed by atoms with Crippen LogP contribution >= 0.6 is 0 Å². The van der Waals surface area contributed by atoms with Crippen LogP contribution in [-0.2, 0) is 17.4 Å². The van der Waals surface area contributed by atoms with Gasteiger partial charge in [-0.05, 0) is 41.8 Å². The van der Waals surface area contributed by atoms with Crippen LogP contribution in [0.2, 0.25) is 0 Å². The van der Waals surface area contributed by atoms with Crippen molar-refractivity contribution in [3.8, 4) is 0 Å². The fraction of sp³-hybridized carbons (Fsp3) is 0.263. The zero-order valence-corrected chi connectivity index (χ0v) is 13.5. The molecule has 0 radical (unpaired) electrons. The number of alkyl halides is 3. The van der Waals surface area contributed by atoms with E-state index in [9.17, 15) is 18.0 Å². The molecule has 3 rings (SSSR count). The Morgan fingerprint density at radius 3 is 2.44 bits per heavy atom. The van der Waals surface area contributed by atoms with Gasteiger partial charge in [0.1, 0.15) is 0 Å². The van der Waals surface area contributed by atoms with Crippen molar-refractivity contribution in [2.75, 3.05) is 13.1 Å². The van der Waals surface area contributed by atoms with E-state index in [1.165, 1.54) is 12.1 Å². The summed E-state index contributed by atoms with van der Waals surface area (Å²) >= 11 is 0. The van der Waals surface area contributed by atoms with Gasteiger partial charge in [0, 0.05) is 19.3 Å². The smallest absolute Gasteiger partial charge is 0.338 e. The summed E-state index contributed by atoms with van der Waals surface area (Å²) in [7, 11) is 0. The molecule has 6 heteroatoms. The van der Waals surface area contributed by atoms with Crippen LogP contribution in [0.3, 0.4) is 0 Å². The summed E-state index contributed by atoms with van der Waals surface area (Å²) in [5.74, 6) is -0.0870. The first kappa shape index (κ1) is 17.2. The van der Waals surface area contributed by atoms with Crippen molar-refractivity contribution in [3.05, 3.63) is 71.6 Å². The third-order valence-corrected chi connectivity index (χ3v) is 4.19. The number of amides is 1. The maximum Gasteiger partial charge on any atom is 0.416 e. The average Bonchev–Trinajstić information content (AvgIpc) is 2.62. The molecule has 0 unspecified atom stereocenters. The number of rotatable bonds is 3. The topological polar surface area (TPSA) is 33.2 Å². The Balaban J connectivity index is 1.60. The predicted octanol–water partition coefficient (Wildman–Crippen LogP) is 3.96. The Hall–Kier alpha value is -2.63. The molecule has 3 nitrogen and oxygen atoms in total. The molecule has 0 bridgehead atoms. The van der Waals surface area contributed by atoms with Gasteiger partial charge >= 0.3 is 6.18 Å². The molecule has 0 aliphatic carbocycles. The zero-order chi connectivity index (χ0) is 17.9. The lowest BCUT2D eigenvalue weighted by Crippen LogP contribution is -2.35. The average molecular weight is 346 g/mol. The zero-order valence-electron chi connectivity index (χ0n) is 13.5. The molecule has 0 fully saturated rings. The van der Waals surface area contributed by atoms with Gasteiger partial charge in [-0.3, -0.25) is 9.78 Å². The van der Waals surface area contributed by atoms with Gasteiger partial charge in [0.2, 0.25) is 5.91 Å². The fourth-order valence-electron chi connectivity index (χ4n) is 2.78. The lowest BCUT2D eigenvalue weighted by molar-refractivity contribution is -0.137. The molecule has 1 amide bonds. The van der Waals surface area contributed by atoms with Gasteiger partial charge in [-0.1, -0.05) is 24.3 Å². The molecule has 0 saturated heterocycles. The Morgan fingerprint density at radius 2 is 1.88 bits per heavy atom. The Bertz CT molecular complexity index is 768. The summed E-state index contributed by atoms with van der Waals surface area (Å²) in [5.41, 5.74) is 1.90. The minimum Gasteiger partial charge on any atom is -0.338 e. The Morgan fingerprint density at radius 1 is 1.12 bits per heavy atom. The fourth-order valence-corrected chi connectivity index (χ4v) is 2.78. The van der Waals surface area contributed by atoms with Gasteiger partial charge in [0.05, 0.1) is 17.7 Å². The highest BCUT2D eigenvalue weighted by Crippen LogP contribution is 2.29. The van der Waals surface area contributed by atoms with E-state index in [1.54, 1.807) is 11.1 Å². The molecule has 1 aliphatic rings. The highest BCUT2D eigenvalue weighted by molar-refractivity contribution is 5.80. The maximum absolute atomic E-state index is 12.6. The molecule has 1 aliphatic heterocycles. The van der Waals surface area contributed by atoms with Gasteiger partial charge in [-0.25, -0.2) is 0 Å². The van der Waals surface area contributed by atoms with Crippen LogP contribution in [-0.4, -0.2) is 28.9 Å². The van der Waals surface area contributed by atoms with Crippen LogP contribution in [0.25, 0.3) is 5.57 Å². The second-order valence-electron chi connectivity index (χ2n) is 5.91. The second kappa shape index (κ2) is 7.09. The number of benzene rings is 1. The number of carbonyl (C=O) groups excluding carboxylic acids is 1. The van der Waals surface area contributed by atoms with Crippen molar-refractivity contribution in [3.63, 3.8) is 0 Å². The lowest BCUT2D eigenvalue weighted by atomic mass is 10.0. The first-order chi connectivity index (χ1) is 11.9. The van der Waals surface area contributed by atoms with Crippen LogP contribution < -0.4 is 0 Å². The van der Waals surface area contributed by atoms with E-state index in [4.69, 9.17) is 0 Å². The molecule has 0 saturated carbocycles. The number of halogens is 3. The van der Waals surface area contributed by atoms with E-state index in [1.807, 2.05) is 24.3 Å². The number of pyridine rings is 1. The standard InChI is InChI=1S/C19H17F3N2O/c20-19(21,22)16-6-4-14(5-7-16)13-18(25)24-11-8-15(9-12-24)17-3-1-2-10-23-17/h1-8,10H,9,11-13H2. The summed E-state index contributed by atoms with van der Waals surface area (Å²) < 4.78 is 37.7. The summed E-state index contributed by atoms with van der Waals surface area (Å²) in [5, 5.41) is 0. The largest absolute Gasteiger partial charge is 0.416 e. The van der Waals surface area contributed by atoms with Crippen LogP contribution in [0.1, 0.15) is 23.2 Å². The molecule has 130 valence electrons. The van der Waals surface area contributed by atoms with E-state index in [-0.39, 0.29) is 12.3 Å². The van der Waals surface area contributed by atoms with Crippen molar-refractivity contribution in [2.45, 2.75) is 19.0 Å². The second-order valence-corrected chi connectivity index (χ2v) is 5.91. The first-order valence-corrected chi connectivity index (χ1v) is 7.98. The van der Waals surface area contributed by atoms with E-state index in [2.05, 4.69) is 4.98 Å². The molecule has 1 aromatic heterocycles. The number of hydrogen-bond donors (Lipinski definition) is 0. The van der Waals surface area contributed by atoms with Gasteiger partial charge in [0.25, 0.3) is 0 Å². The number of carbonyl (C=O) groups is 1. The quantitative estimate of drug-likeness (QED) is 0.843. The summed E-state index contributed by atoms with van der Waals surface area (Å²) in [6, 6.07) is 10.5. The molecule has 1 aromatic carbocycles. The molecule has 0 N–H and O–H groups in total. The van der Waals surface area contributed by atoms with Gasteiger partial charge in [0.15, 0.2) is 0 Å². The van der Waals surface area contributed by atoms with Gasteiger partial charge in [-0.15, -0.1) is 0 Å². The lowest BCUT2D eigenvalue weighted by Gasteiger charge is -2.26. The predicted molar refractivity (Wildman–Crippen MR) is 88.6 cm³/mol. The van der Waals surface area contributed by atoms with Gasteiger partial charge < -0.3 is 4.90 Å². The summed E-state index contributed by atoms with van der Waals surface area (Å²) in [6.45, 7) is 1.08. The van der Waals surface area contributed by atoms with Crippen molar-refractivity contribution in [1.29, 1.82) is 0 Å². The highest BCUT2D eigenvalue weighted by atomic mass is 19.4. The first-order valence-electron chi connectivity index (χ1n) is 7.98. The minimum atomic E-state index is -4.36. The number of aromatic nitrogens is 1. The molecular formula is C19H17F3N2O. The molecule has 0 spiro atoms. The van der Waals surface area contributed by atoms with E-state index < -0.39 is 11.7 Å². The maximum atomic E-state index is 12.6. The van der Waals surface area contributed by atoms with Crippen LogP contribution in [0.15, 0.2) is 54.7 Å². The van der Waals surface area contributed by atoms with E-state index in [0.29, 0.717) is 18.7 Å². The number of hydrogen-bond acceptors (Lipinski definition) is 2. The SMILES string of the molecule is O=C(Cc1ccc(C(F)(F)F)cc1)N1CC=C(c2ccccn2)CC1. The van der Waals surface area contributed by atoms with Crippen LogP contribution in [0.4, 0.5) is 13.2 Å². The Labute approximate surface area is 143 Å². The van der Waals surface area contributed by atoms with Crippen LogP contribution in [0.5, 0.6) is 0 Å². The third kappa shape index (κ3) is 4.26. The molecular weight excluding hydrogens is 329 g/mol.